The number of thiocarbonyl (C=S) groups is 1. The Labute approximate surface area is 172 Å². The Morgan fingerprint density at radius 3 is 2.54 bits per heavy atom. The molecule has 0 spiro atoms. The molecule has 2 aliphatic heterocycles. The zero-order chi connectivity index (χ0) is 20.1. The van der Waals surface area contributed by atoms with Crippen LogP contribution in [0.2, 0.25) is 0 Å². The van der Waals surface area contributed by atoms with E-state index in [4.69, 9.17) is 17.0 Å². The Bertz CT molecular complexity index is 830. The lowest BCUT2D eigenvalue weighted by atomic mass is 10.2. The average Bonchev–Trinajstić information content (AvgIpc) is 3.21. The van der Waals surface area contributed by atoms with Crippen LogP contribution >= 0.6 is 12.2 Å². The summed E-state index contributed by atoms with van der Waals surface area (Å²) >= 11 is 5.39. The third-order valence-corrected chi connectivity index (χ3v) is 6.96. The van der Waals surface area contributed by atoms with Crippen LogP contribution in [0.1, 0.15) is 19.8 Å². The van der Waals surface area contributed by atoms with E-state index in [0.29, 0.717) is 43.6 Å². The Balaban J connectivity index is 1.88. The summed E-state index contributed by atoms with van der Waals surface area (Å²) in [6.07, 6.45) is 2.26. The van der Waals surface area contributed by atoms with Crippen LogP contribution in [0.15, 0.2) is 35.2 Å². The summed E-state index contributed by atoms with van der Waals surface area (Å²) in [7, 11) is -3.57. The fourth-order valence-corrected chi connectivity index (χ4v) is 4.96. The largest absolute Gasteiger partial charge is 0.379 e. The van der Waals surface area contributed by atoms with Crippen molar-refractivity contribution in [1.29, 1.82) is 0 Å². The number of morpholine rings is 1. The minimum absolute atomic E-state index is 0.266. The van der Waals surface area contributed by atoms with E-state index in [2.05, 4.69) is 22.1 Å². The van der Waals surface area contributed by atoms with Crippen molar-refractivity contribution in [2.24, 2.45) is 0 Å². The zero-order valence-electron chi connectivity index (χ0n) is 16.2. The molecule has 9 heteroatoms. The number of nitrogens with zero attached hydrogens (tertiary/aromatic N) is 2. The van der Waals surface area contributed by atoms with Gasteiger partial charge in [-0.3, -0.25) is 0 Å². The van der Waals surface area contributed by atoms with Crippen molar-refractivity contribution < 1.29 is 13.2 Å². The van der Waals surface area contributed by atoms with Gasteiger partial charge in [0.2, 0.25) is 10.0 Å². The first-order valence-corrected chi connectivity index (χ1v) is 11.4. The van der Waals surface area contributed by atoms with Gasteiger partial charge in [0.15, 0.2) is 5.11 Å². The molecule has 0 atom stereocenters. The number of sulfonamides is 1. The highest BCUT2D eigenvalue weighted by atomic mass is 32.2. The fourth-order valence-electron chi connectivity index (χ4n) is 3.34. The van der Waals surface area contributed by atoms with Crippen LogP contribution in [-0.4, -0.2) is 63.8 Å². The molecule has 0 aliphatic carbocycles. The molecule has 0 saturated carbocycles. The van der Waals surface area contributed by atoms with E-state index in [1.54, 1.807) is 12.1 Å². The highest BCUT2D eigenvalue weighted by molar-refractivity contribution is 7.89. The molecule has 0 aromatic heterocycles. The third-order valence-electron chi connectivity index (χ3n) is 4.82. The SMILES string of the molecule is C=C(C)CNC(=S)Nc1cc(S(=O)(=O)N2CCOCC2)ccc1N1CCCC1. The molecule has 1 aromatic rings. The summed E-state index contributed by atoms with van der Waals surface area (Å²) in [6, 6.07) is 5.25. The Morgan fingerprint density at radius 2 is 1.89 bits per heavy atom. The molecule has 1 aromatic carbocycles. The Morgan fingerprint density at radius 1 is 1.21 bits per heavy atom. The van der Waals surface area contributed by atoms with E-state index in [1.165, 1.54) is 4.31 Å². The topological polar surface area (TPSA) is 73.9 Å². The van der Waals surface area contributed by atoms with Gasteiger partial charge in [0.1, 0.15) is 0 Å². The predicted octanol–water partition coefficient (Wildman–Crippen LogP) is 2.17. The second kappa shape index (κ2) is 9.21. The molecule has 2 aliphatic rings. The number of hydrogen-bond donors (Lipinski definition) is 2. The molecule has 28 heavy (non-hydrogen) atoms. The molecule has 0 bridgehead atoms. The molecule has 3 rings (SSSR count). The molecule has 0 radical (unpaired) electrons. The minimum Gasteiger partial charge on any atom is -0.379 e. The van der Waals surface area contributed by atoms with Gasteiger partial charge >= 0.3 is 0 Å². The Hall–Kier alpha value is -1.68. The molecule has 0 unspecified atom stereocenters. The number of rotatable bonds is 6. The normalized spacial score (nSPS) is 18.1. The van der Waals surface area contributed by atoms with Crippen LogP contribution in [-0.2, 0) is 14.8 Å². The van der Waals surface area contributed by atoms with Gasteiger partial charge in [0.05, 0.1) is 29.5 Å². The lowest BCUT2D eigenvalue weighted by molar-refractivity contribution is 0.0730. The molecular formula is C19H28N4O3S2. The van der Waals surface area contributed by atoms with Gasteiger partial charge in [-0.15, -0.1) is 0 Å². The maximum Gasteiger partial charge on any atom is 0.243 e. The quantitative estimate of drug-likeness (QED) is 0.536. The first-order chi connectivity index (χ1) is 13.4. The van der Waals surface area contributed by atoms with Crippen molar-refractivity contribution in [2.75, 3.05) is 56.2 Å². The first-order valence-electron chi connectivity index (χ1n) is 9.54. The maximum atomic E-state index is 13.0. The summed E-state index contributed by atoms with van der Waals surface area (Å²) in [5, 5.41) is 6.73. The fraction of sp³-hybridized carbons (Fsp3) is 0.526. The van der Waals surface area contributed by atoms with E-state index < -0.39 is 10.0 Å². The summed E-state index contributed by atoms with van der Waals surface area (Å²) in [5.74, 6) is 0. The molecule has 2 N–H and O–H groups in total. The van der Waals surface area contributed by atoms with E-state index >= 15 is 0 Å². The van der Waals surface area contributed by atoms with Crippen LogP contribution in [0.4, 0.5) is 11.4 Å². The predicted molar refractivity (Wildman–Crippen MR) is 117 cm³/mol. The van der Waals surface area contributed by atoms with Crippen LogP contribution in [0, 0.1) is 0 Å². The van der Waals surface area contributed by atoms with Crippen LogP contribution < -0.4 is 15.5 Å². The van der Waals surface area contributed by atoms with Gasteiger partial charge < -0.3 is 20.3 Å². The van der Waals surface area contributed by atoms with Crippen molar-refractivity contribution in [3.63, 3.8) is 0 Å². The molecular weight excluding hydrogens is 396 g/mol. The van der Waals surface area contributed by atoms with E-state index in [0.717, 1.165) is 37.2 Å². The number of ether oxygens (including phenoxy) is 1. The standard InChI is InChI=1S/C19H28N4O3S2/c1-15(2)14-20-19(27)21-17-13-16(5-6-18(17)22-7-3-4-8-22)28(24,25)23-9-11-26-12-10-23/h5-6,13H,1,3-4,7-12,14H2,2H3,(H2,20,21,27). The van der Waals surface area contributed by atoms with Crippen molar-refractivity contribution in [3.05, 3.63) is 30.4 Å². The van der Waals surface area contributed by atoms with Crippen LogP contribution in [0.25, 0.3) is 0 Å². The van der Waals surface area contributed by atoms with Crippen molar-refractivity contribution in [3.8, 4) is 0 Å². The molecule has 2 heterocycles. The van der Waals surface area contributed by atoms with Gasteiger partial charge in [0.25, 0.3) is 0 Å². The average molecular weight is 425 g/mol. The summed E-state index contributed by atoms with van der Waals surface area (Å²) in [6.45, 7) is 9.84. The third kappa shape index (κ3) is 5.02. The second-order valence-corrected chi connectivity index (χ2v) is 9.50. The lowest BCUT2D eigenvalue weighted by Gasteiger charge is -2.27. The van der Waals surface area contributed by atoms with Gasteiger partial charge in [-0.05, 0) is 50.2 Å². The smallest absolute Gasteiger partial charge is 0.243 e. The summed E-state index contributed by atoms with van der Waals surface area (Å²) in [4.78, 5) is 2.53. The van der Waals surface area contributed by atoms with E-state index in [-0.39, 0.29) is 4.90 Å². The number of benzene rings is 1. The molecule has 7 nitrogen and oxygen atoms in total. The van der Waals surface area contributed by atoms with Gasteiger partial charge in [-0.2, -0.15) is 4.31 Å². The molecule has 0 amide bonds. The van der Waals surface area contributed by atoms with E-state index in [9.17, 15) is 8.42 Å². The first kappa shape index (κ1) is 21.0. The molecule has 154 valence electrons. The molecule has 2 saturated heterocycles. The van der Waals surface area contributed by atoms with E-state index in [1.807, 2.05) is 13.0 Å². The lowest BCUT2D eigenvalue weighted by Crippen LogP contribution is -2.40. The number of anilines is 2. The summed E-state index contributed by atoms with van der Waals surface area (Å²) < 4.78 is 32.8. The van der Waals surface area contributed by atoms with Gasteiger partial charge in [-0.25, -0.2) is 8.42 Å². The zero-order valence-corrected chi connectivity index (χ0v) is 17.9. The van der Waals surface area contributed by atoms with Crippen molar-refractivity contribution >= 4 is 38.7 Å². The number of hydrogen-bond acceptors (Lipinski definition) is 5. The van der Waals surface area contributed by atoms with Crippen molar-refractivity contribution in [1.82, 2.24) is 9.62 Å². The van der Waals surface area contributed by atoms with Crippen LogP contribution in [0.5, 0.6) is 0 Å². The molecule has 2 fully saturated rings. The second-order valence-electron chi connectivity index (χ2n) is 7.15. The van der Waals surface area contributed by atoms with Crippen LogP contribution in [0.3, 0.4) is 0 Å². The van der Waals surface area contributed by atoms with Crippen molar-refractivity contribution in [2.45, 2.75) is 24.7 Å². The van der Waals surface area contributed by atoms with Gasteiger partial charge in [-0.1, -0.05) is 12.2 Å². The highest BCUT2D eigenvalue weighted by Gasteiger charge is 2.28. The Kier molecular flexibility index (Phi) is 6.92. The highest BCUT2D eigenvalue weighted by Crippen LogP contribution is 2.32. The maximum absolute atomic E-state index is 13.0. The van der Waals surface area contributed by atoms with Gasteiger partial charge in [0, 0.05) is 32.7 Å². The monoisotopic (exact) mass is 424 g/mol. The summed E-state index contributed by atoms with van der Waals surface area (Å²) in [5.41, 5.74) is 2.64. The number of nitrogens with one attached hydrogen (secondary N) is 2. The minimum atomic E-state index is -3.57.